The normalized spacial score (nSPS) is 21.1. The highest BCUT2D eigenvalue weighted by Crippen LogP contribution is 2.35. The molecule has 1 saturated heterocycles. The number of hydrogen-bond acceptors (Lipinski definition) is 2. The molecule has 2 fully saturated rings. The first-order valence-corrected chi connectivity index (χ1v) is 7.58. The Balaban J connectivity index is 1.77. The lowest BCUT2D eigenvalue weighted by Gasteiger charge is -2.23. The Kier molecular flexibility index (Phi) is 2.80. The maximum absolute atomic E-state index is 4.95. The van der Waals surface area contributed by atoms with Crippen molar-refractivity contribution in [3.8, 4) is 0 Å². The minimum absolute atomic E-state index is 0.646. The number of para-hydroxylation sites is 2. The molecule has 19 heavy (non-hydrogen) atoms. The Morgan fingerprint density at radius 2 is 1.89 bits per heavy atom. The lowest BCUT2D eigenvalue weighted by Crippen LogP contribution is -2.28. The summed E-state index contributed by atoms with van der Waals surface area (Å²) in [6.07, 6.45) is 5.26. The third kappa shape index (κ3) is 2.16. The number of imidazole rings is 1. The molecule has 100 valence electrons. The van der Waals surface area contributed by atoms with Gasteiger partial charge < -0.3 is 9.88 Å². The zero-order chi connectivity index (χ0) is 12.7. The van der Waals surface area contributed by atoms with Gasteiger partial charge >= 0.3 is 0 Å². The predicted molar refractivity (Wildman–Crippen MR) is 77.3 cm³/mol. The molecule has 4 rings (SSSR count). The van der Waals surface area contributed by atoms with Gasteiger partial charge in [0, 0.05) is 12.5 Å². The zero-order valence-corrected chi connectivity index (χ0v) is 11.3. The van der Waals surface area contributed by atoms with E-state index in [0.29, 0.717) is 5.92 Å². The molecule has 0 atom stereocenters. The van der Waals surface area contributed by atoms with E-state index in [1.807, 2.05) is 0 Å². The van der Waals surface area contributed by atoms with Crippen molar-refractivity contribution in [1.29, 1.82) is 0 Å². The molecule has 3 heteroatoms. The van der Waals surface area contributed by atoms with E-state index < -0.39 is 0 Å². The first-order valence-electron chi connectivity index (χ1n) is 7.58. The van der Waals surface area contributed by atoms with Crippen LogP contribution in [-0.4, -0.2) is 22.6 Å². The van der Waals surface area contributed by atoms with E-state index in [-0.39, 0.29) is 0 Å². The highest BCUT2D eigenvalue weighted by molar-refractivity contribution is 5.76. The van der Waals surface area contributed by atoms with Crippen LogP contribution in [0, 0.1) is 5.92 Å². The third-order valence-electron chi connectivity index (χ3n) is 4.53. The van der Waals surface area contributed by atoms with Crippen LogP contribution in [0.1, 0.15) is 37.4 Å². The average molecular weight is 255 g/mol. The number of nitrogens with zero attached hydrogens (tertiary/aromatic N) is 2. The van der Waals surface area contributed by atoms with Crippen molar-refractivity contribution >= 4 is 11.0 Å². The van der Waals surface area contributed by atoms with Gasteiger partial charge in [-0.3, -0.25) is 0 Å². The van der Waals surface area contributed by atoms with Crippen LogP contribution in [0.2, 0.25) is 0 Å². The quantitative estimate of drug-likeness (QED) is 0.914. The number of benzene rings is 1. The molecule has 2 aromatic rings. The molecular formula is C16H21N3. The molecule has 1 aliphatic carbocycles. The summed E-state index contributed by atoms with van der Waals surface area (Å²) in [4.78, 5) is 4.95. The summed E-state index contributed by atoms with van der Waals surface area (Å²) >= 11 is 0. The number of aromatic nitrogens is 2. The van der Waals surface area contributed by atoms with Crippen LogP contribution < -0.4 is 5.32 Å². The molecule has 0 amide bonds. The summed E-state index contributed by atoms with van der Waals surface area (Å²) in [5.74, 6) is 2.89. The minimum Gasteiger partial charge on any atom is -0.327 e. The number of fused-ring (bicyclic) bond motifs is 1. The van der Waals surface area contributed by atoms with Crippen molar-refractivity contribution in [3.63, 3.8) is 0 Å². The Bertz CT molecular complexity index is 577. The maximum atomic E-state index is 4.95. The van der Waals surface area contributed by atoms with Crippen LogP contribution in [0.25, 0.3) is 11.0 Å². The Morgan fingerprint density at radius 1 is 1.11 bits per heavy atom. The van der Waals surface area contributed by atoms with E-state index in [2.05, 4.69) is 34.1 Å². The fourth-order valence-corrected chi connectivity index (χ4v) is 3.24. The molecule has 3 nitrogen and oxygen atoms in total. The van der Waals surface area contributed by atoms with Crippen molar-refractivity contribution in [2.45, 2.75) is 38.1 Å². The zero-order valence-electron chi connectivity index (χ0n) is 11.3. The van der Waals surface area contributed by atoms with E-state index in [0.717, 1.165) is 19.0 Å². The second kappa shape index (κ2) is 4.64. The molecule has 1 saturated carbocycles. The maximum Gasteiger partial charge on any atom is 0.113 e. The molecular weight excluding hydrogens is 234 g/mol. The van der Waals surface area contributed by atoms with Crippen LogP contribution in [0.4, 0.5) is 0 Å². The second-order valence-corrected chi connectivity index (χ2v) is 6.04. The summed E-state index contributed by atoms with van der Waals surface area (Å²) in [6, 6.07) is 8.63. The van der Waals surface area contributed by atoms with E-state index in [4.69, 9.17) is 4.98 Å². The largest absolute Gasteiger partial charge is 0.327 e. The minimum atomic E-state index is 0.646. The highest BCUT2D eigenvalue weighted by Gasteiger charge is 2.27. The number of piperidine rings is 1. The Labute approximate surface area is 114 Å². The lowest BCUT2D eigenvalue weighted by atomic mass is 9.97. The van der Waals surface area contributed by atoms with Crippen LogP contribution in [0.15, 0.2) is 24.3 Å². The molecule has 1 N–H and O–H groups in total. The van der Waals surface area contributed by atoms with Crippen molar-refractivity contribution in [1.82, 2.24) is 14.9 Å². The molecule has 0 unspecified atom stereocenters. The summed E-state index contributed by atoms with van der Waals surface area (Å²) in [5, 5.41) is 3.45. The summed E-state index contributed by atoms with van der Waals surface area (Å²) in [7, 11) is 0. The molecule has 1 aliphatic heterocycles. The van der Waals surface area contributed by atoms with E-state index in [1.54, 1.807) is 0 Å². The number of rotatable bonds is 3. The van der Waals surface area contributed by atoms with Gasteiger partial charge in [-0.05, 0) is 56.8 Å². The van der Waals surface area contributed by atoms with Gasteiger partial charge in [-0.15, -0.1) is 0 Å². The monoisotopic (exact) mass is 255 g/mol. The van der Waals surface area contributed by atoms with Gasteiger partial charge in [0.05, 0.1) is 11.0 Å². The van der Waals surface area contributed by atoms with Crippen LogP contribution >= 0.6 is 0 Å². The predicted octanol–water partition coefficient (Wildman–Crippen LogP) is 2.91. The van der Waals surface area contributed by atoms with Gasteiger partial charge in [0.15, 0.2) is 0 Å². The van der Waals surface area contributed by atoms with Gasteiger partial charge in [-0.2, -0.15) is 0 Å². The van der Waals surface area contributed by atoms with E-state index in [1.165, 1.54) is 49.1 Å². The van der Waals surface area contributed by atoms with Crippen LogP contribution in [0.5, 0.6) is 0 Å². The first kappa shape index (κ1) is 11.5. The van der Waals surface area contributed by atoms with Gasteiger partial charge in [-0.1, -0.05) is 12.1 Å². The van der Waals surface area contributed by atoms with Gasteiger partial charge in [0.2, 0.25) is 0 Å². The molecule has 0 spiro atoms. The van der Waals surface area contributed by atoms with Crippen molar-refractivity contribution < 1.29 is 0 Å². The summed E-state index contributed by atoms with van der Waals surface area (Å²) in [5.41, 5.74) is 2.51. The van der Waals surface area contributed by atoms with Gasteiger partial charge in [0.1, 0.15) is 5.82 Å². The van der Waals surface area contributed by atoms with Crippen molar-refractivity contribution in [2.75, 3.05) is 13.1 Å². The number of nitrogens with one attached hydrogen (secondary N) is 1. The molecule has 2 aliphatic rings. The smallest absolute Gasteiger partial charge is 0.113 e. The molecule has 1 aromatic carbocycles. The van der Waals surface area contributed by atoms with Crippen molar-refractivity contribution in [3.05, 3.63) is 30.1 Å². The highest BCUT2D eigenvalue weighted by atomic mass is 15.1. The Hall–Kier alpha value is -1.35. The van der Waals surface area contributed by atoms with Crippen LogP contribution in [0.3, 0.4) is 0 Å². The second-order valence-electron chi connectivity index (χ2n) is 6.04. The third-order valence-corrected chi connectivity index (χ3v) is 4.53. The van der Waals surface area contributed by atoms with Crippen molar-refractivity contribution in [2.24, 2.45) is 5.92 Å². The molecule has 1 aromatic heterocycles. The SMILES string of the molecule is c1ccc2c(c1)nc(C1CCNCC1)n2CC1CC1. The summed E-state index contributed by atoms with van der Waals surface area (Å²) in [6.45, 7) is 3.45. The fraction of sp³-hybridized carbons (Fsp3) is 0.562. The molecule has 0 radical (unpaired) electrons. The van der Waals surface area contributed by atoms with E-state index >= 15 is 0 Å². The van der Waals surface area contributed by atoms with Crippen LogP contribution in [-0.2, 0) is 6.54 Å². The molecule has 2 heterocycles. The standard InChI is InChI=1S/C16H21N3/c1-2-4-15-14(3-1)18-16(13-7-9-17-10-8-13)19(15)11-12-5-6-12/h1-4,12-13,17H,5-11H2. The van der Waals surface area contributed by atoms with E-state index in [9.17, 15) is 0 Å². The lowest BCUT2D eigenvalue weighted by molar-refractivity contribution is 0.428. The summed E-state index contributed by atoms with van der Waals surface area (Å²) < 4.78 is 2.52. The van der Waals surface area contributed by atoms with Gasteiger partial charge in [0.25, 0.3) is 0 Å². The Morgan fingerprint density at radius 3 is 2.68 bits per heavy atom. The molecule has 0 bridgehead atoms. The number of hydrogen-bond donors (Lipinski definition) is 1. The average Bonchev–Trinajstić information content (AvgIpc) is 3.21. The fourth-order valence-electron chi connectivity index (χ4n) is 3.24. The first-order chi connectivity index (χ1) is 9.42. The van der Waals surface area contributed by atoms with Gasteiger partial charge in [-0.25, -0.2) is 4.98 Å². The topological polar surface area (TPSA) is 29.9 Å².